The van der Waals surface area contributed by atoms with Crippen LogP contribution in [-0.2, 0) is 6.54 Å². The number of hydrogen-bond acceptors (Lipinski definition) is 3. The largest absolute Gasteiger partial charge is 0.346 e. The van der Waals surface area contributed by atoms with Crippen LogP contribution in [0.1, 0.15) is 21.6 Å². The van der Waals surface area contributed by atoms with Crippen LogP contribution in [0.5, 0.6) is 0 Å². The van der Waals surface area contributed by atoms with Crippen molar-refractivity contribution < 1.29 is 4.79 Å². The molecule has 0 radical (unpaired) electrons. The smallest absolute Gasteiger partial charge is 0.251 e. The van der Waals surface area contributed by atoms with Crippen LogP contribution in [0, 0.1) is 11.3 Å². The van der Waals surface area contributed by atoms with Gasteiger partial charge in [-0.1, -0.05) is 18.2 Å². The highest BCUT2D eigenvalue weighted by atomic mass is 16.1. The Kier molecular flexibility index (Phi) is 3.67. The molecule has 0 aliphatic rings. The van der Waals surface area contributed by atoms with Gasteiger partial charge < -0.3 is 5.32 Å². The second-order valence-electron chi connectivity index (χ2n) is 3.70. The summed E-state index contributed by atoms with van der Waals surface area (Å²) in [6.07, 6.45) is 1.56. The summed E-state index contributed by atoms with van der Waals surface area (Å²) in [4.78, 5) is 15.9. The summed E-state index contributed by atoms with van der Waals surface area (Å²) in [7, 11) is 0. The van der Waals surface area contributed by atoms with Gasteiger partial charge in [0.25, 0.3) is 5.91 Å². The predicted molar refractivity (Wildman–Crippen MR) is 66.6 cm³/mol. The fraction of sp³-hybridized carbons (Fsp3) is 0.0714. The van der Waals surface area contributed by atoms with Crippen LogP contribution in [0.15, 0.2) is 48.7 Å². The van der Waals surface area contributed by atoms with Crippen molar-refractivity contribution in [2.45, 2.75) is 6.54 Å². The van der Waals surface area contributed by atoms with Crippen molar-refractivity contribution in [3.63, 3.8) is 0 Å². The minimum Gasteiger partial charge on any atom is -0.346 e. The number of nitrogens with one attached hydrogen (secondary N) is 1. The van der Waals surface area contributed by atoms with E-state index in [-0.39, 0.29) is 5.91 Å². The molecule has 1 heterocycles. The molecule has 1 aromatic heterocycles. The number of aromatic nitrogens is 1. The summed E-state index contributed by atoms with van der Waals surface area (Å²) in [6, 6.07) is 14.3. The third-order valence-electron chi connectivity index (χ3n) is 2.41. The Hall–Kier alpha value is -2.67. The second kappa shape index (κ2) is 5.60. The van der Waals surface area contributed by atoms with Gasteiger partial charge in [-0.3, -0.25) is 9.78 Å². The molecule has 0 atom stereocenters. The van der Waals surface area contributed by atoms with E-state index in [0.29, 0.717) is 23.4 Å². The van der Waals surface area contributed by atoms with Crippen molar-refractivity contribution in [3.05, 3.63) is 65.5 Å². The van der Waals surface area contributed by atoms with Gasteiger partial charge in [0.2, 0.25) is 0 Å². The molecule has 4 nitrogen and oxygen atoms in total. The van der Waals surface area contributed by atoms with Crippen molar-refractivity contribution in [1.29, 1.82) is 5.26 Å². The van der Waals surface area contributed by atoms with Crippen LogP contribution in [0.3, 0.4) is 0 Å². The minimum absolute atomic E-state index is 0.153. The van der Waals surface area contributed by atoms with E-state index in [4.69, 9.17) is 5.26 Å². The normalized spacial score (nSPS) is 9.50. The Morgan fingerprint density at radius 1 is 1.28 bits per heavy atom. The molecule has 88 valence electrons. The average Bonchev–Trinajstić information content (AvgIpc) is 2.46. The second-order valence-corrected chi connectivity index (χ2v) is 3.70. The number of nitriles is 1. The molecule has 1 N–H and O–H groups in total. The number of nitrogens with zero attached hydrogens (tertiary/aromatic N) is 2. The summed E-state index contributed by atoms with van der Waals surface area (Å²) in [5.74, 6) is -0.153. The summed E-state index contributed by atoms with van der Waals surface area (Å²) < 4.78 is 0. The van der Waals surface area contributed by atoms with E-state index in [1.54, 1.807) is 30.5 Å². The van der Waals surface area contributed by atoms with Gasteiger partial charge >= 0.3 is 0 Å². The number of hydrogen-bond donors (Lipinski definition) is 1. The topological polar surface area (TPSA) is 65.8 Å². The first-order valence-electron chi connectivity index (χ1n) is 5.48. The maximum absolute atomic E-state index is 11.8. The maximum Gasteiger partial charge on any atom is 0.251 e. The zero-order valence-electron chi connectivity index (χ0n) is 9.63. The molecule has 0 unspecified atom stereocenters. The lowest BCUT2D eigenvalue weighted by Gasteiger charge is -2.04. The van der Waals surface area contributed by atoms with Crippen molar-refractivity contribution in [2.24, 2.45) is 0 Å². The number of benzene rings is 1. The van der Waals surface area contributed by atoms with Gasteiger partial charge in [0, 0.05) is 11.8 Å². The van der Waals surface area contributed by atoms with E-state index in [2.05, 4.69) is 10.3 Å². The van der Waals surface area contributed by atoms with Crippen LogP contribution in [0.2, 0.25) is 0 Å². The standard InChI is InChI=1S/C14H11N3O/c15-9-11-6-7-16-13(8-11)10-17-14(18)12-4-2-1-3-5-12/h1-8H,10H2,(H,17,18). The molecule has 0 fully saturated rings. The molecule has 1 aromatic carbocycles. The molecule has 0 bridgehead atoms. The highest BCUT2D eigenvalue weighted by Gasteiger charge is 2.04. The van der Waals surface area contributed by atoms with E-state index in [1.165, 1.54) is 0 Å². The molecule has 1 amide bonds. The van der Waals surface area contributed by atoms with Crippen molar-refractivity contribution in [3.8, 4) is 6.07 Å². The van der Waals surface area contributed by atoms with Crippen LogP contribution in [0.4, 0.5) is 0 Å². The zero-order valence-corrected chi connectivity index (χ0v) is 9.63. The molecule has 0 aliphatic carbocycles. The first kappa shape index (κ1) is 11.8. The first-order valence-corrected chi connectivity index (χ1v) is 5.48. The number of rotatable bonds is 3. The fourth-order valence-corrected chi connectivity index (χ4v) is 1.51. The monoisotopic (exact) mass is 237 g/mol. The van der Waals surface area contributed by atoms with Gasteiger partial charge in [-0.25, -0.2) is 0 Å². The van der Waals surface area contributed by atoms with E-state index in [0.717, 1.165) is 0 Å². The van der Waals surface area contributed by atoms with Crippen LogP contribution in [0.25, 0.3) is 0 Å². The van der Waals surface area contributed by atoms with Gasteiger partial charge in [-0.15, -0.1) is 0 Å². The number of amides is 1. The van der Waals surface area contributed by atoms with Crippen LogP contribution in [-0.4, -0.2) is 10.9 Å². The molecule has 0 saturated heterocycles. The Balaban J connectivity index is 2.00. The van der Waals surface area contributed by atoms with Crippen molar-refractivity contribution in [1.82, 2.24) is 10.3 Å². The molecule has 0 aliphatic heterocycles. The quantitative estimate of drug-likeness (QED) is 0.886. The average molecular weight is 237 g/mol. The molecular formula is C14H11N3O. The Bertz CT molecular complexity index is 587. The molecule has 0 spiro atoms. The van der Waals surface area contributed by atoms with E-state index in [9.17, 15) is 4.79 Å². The number of carbonyl (C=O) groups is 1. The van der Waals surface area contributed by atoms with Crippen LogP contribution >= 0.6 is 0 Å². The van der Waals surface area contributed by atoms with Crippen LogP contribution < -0.4 is 5.32 Å². The van der Waals surface area contributed by atoms with Gasteiger partial charge in [0.15, 0.2) is 0 Å². The van der Waals surface area contributed by atoms with E-state index < -0.39 is 0 Å². The lowest BCUT2D eigenvalue weighted by molar-refractivity contribution is 0.0950. The predicted octanol–water partition coefficient (Wildman–Crippen LogP) is 1.88. The summed E-state index contributed by atoms with van der Waals surface area (Å²) in [5.41, 5.74) is 1.81. The molecule has 2 aromatic rings. The Labute approximate surface area is 105 Å². The maximum atomic E-state index is 11.8. The summed E-state index contributed by atoms with van der Waals surface area (Å²) in [5, 5.41) is 11.5. The zero-order chi connectivity index (χ0) is 12.8. The molecule has 2 rings (SSSR count). The Morgan fingerprint density at radius 2 is 2.06 bits per heavy atom. The van der Waals surface area contributed by atoms with Crippen molar-refractivity contribution >= 4 is 5.91 Å². The fourth-order valence-electron chi connectivity index (χ4n) is 1.51. The van der Waals surface area contributed by atoms with E-state index >= 15 is 0 Å². The highest BCUT2D eigenvalue weighted by molar-refractivity contribution is 5.94. The lowest BCUT2D eigenvalue weighted by atomic mass is 10.2. The molecular weight excluding hydrogens is 226 g/mol. The van der Waals surface area contributed by atoms with Crippen molar-refractivity contribution in [2.75, 3.05) is 0 Å². The van der Waals surface area contributed by atoms with Gasteiger partial charge in [-0.05, 0) is 24.3 Å². The SMILES string of the molecule is N#Cc1ccnc(CNC(=O)c2ccccc2)c1. The summed E-state index contributed by atoms with van der Waals surface area (Å²) >= 11 is 0. The molecule has 4 heteroatoms. The molecule has 0 saturated carbocycles. The third-order valence-corrected chi connectivity index (χ3v) is 2.41. The van der Waals surface area contributed by atoms with E-state index in [1.807, 2.05) is 24.3 Å². The lowest BCUT2D eigenvalue weighted by Crippen LogP contribution is -2.23. The number of pyridine rings is 1. The summed E-state index contributed by atoms with van der Waals surface area (Å²) in [6.45, 7) is 0.309. The highest BCUT2D eigenvalue weighted by Crippen LogP contribution is 2.02. The van der Waals surface area contributed by atoms with Gasteiger partial charge in [0.05, 0.1) is 23.9 Å². The molecule has 18 heavy (non-hydrogen) atoms. The Morgan fingerprint density at radius 3 is 2.78 bits per heavy atom. The van der Waals surface area contributed by atoms with Gasteiger partial charge in [-0.2, -0.15) is 5.26 Å². The van der Waals surface area contributed by atoms with Gasteiger partial charge in [0.1, 0.15) is 0 Å². The third kappa shape index (κ3) is 2.92. The number of carbonyl (C=O) groups excluding carboxylic acids is 1. The first-order chi connectivity index (χ1) is 8.79. The minimum atomic E-state index is -0.153.